The monoisotopic (exact) mass is 361 g/mol. The van der Waals surface area contributed by atoms with Crippen LogP contribution in [-0.2, 0) is 10.0 Å². The maximum absolute atomic E-state index is 12.4. The third-order valence-corrected chi connectivity index (χ3v) is 7.65. The average Bonchev–Trinajstić information content (AvgIpc) is 2.57. The molecule has 5 heteroatoms. The van der Waals surface area contributed by atoms with E-state index in [-0.39, 0.29) is 0 Å². The van der Waals surface area contributed by atoms with Crippen LogP contribution in [0.5, 0.6) is 0 Å². The van der Waals surface area contributed by atoms with Crippen LogP contribution in [0, 0.1) is 0 Å². The molecule has 0 aromatic carbocycles. The van der Waals surface area contributed by atoms with Gasteiger partial charge in [-0.15, -0.1) is 0 Å². The molecule has 0 bridgehead atoms. The second-order valence-electron chi connectivity index (χ2n) is 7.78. The minimum atomic E-state index is -3.03. The fraction of sp³-hybridized carbons (Fsp3) is 1.00. The molecule has 0 unspecified atom stereocenters. The number of piperazine rings is 1. The summed E-state index contributed by atoms with van der Waals surface area (Å²) in [4.78, 5) is 0. The normalized spacial score (nSPS) is 18.8. The van der Waals surface area contributed by atoms with Crippen LogP contribution in [-0.4, -0.2) is 62.7 Å². The number of hydrogen-bond donors (Lipinski definition) is 0. The number of unbranched alkanes of at least 4 members (excludes halogenated alkanes) is 9. The Labute approximate surface area is 151 Å². The Morgan fingerprint density at radius 2 is 1.25 bits per heavy atom. The molecule has 0 aliphatic carbocycles. The first-order valence-corrected chi connectivity index (χ1v) is 11.9. The molecule has 0 atom stereocenters. The van der Waals surface area contributed by atoms with Crippen molar-refractivity contribution >= 4 is 10.0 Å². The van der Waals surface area contributed by atoms with Gasteiger partial charge in [-0.3, -0.25) is 0 Å². The summed E-state index contributed by atoms with van der Waals surface area (Å²) >= 11 is 0. The van der Waals surface area contributed by atoms with Crippen molar-refractivity contribution in [1.29, 1.82) is 0 Å². The van der Waals surface area contributed by atoms with Crippen LogP contribution in [0.15, 0.2) is 0 Å². The molecule has 1 aliphatic heterocycles. The molecule has 0 aromatic heterocycles. The van der Waals surface area contributed by atoms with Crippen LogP contribution in [0.4, 0.5) is 0 Å². The molecule has 1 rings (SSSR count). The number of likely N-dealkylation sites (N-methyl/N-ethyl adjacent to an activating group) is 1. The Kier molecular flexibility index (Phi) is 10.5. The molecule has 1 fully saturated rings. The molecule has 0 radical (unpaired) electrons. The van der Waals surface area contributed by atoms with Gasteiger partial charge in [-0.1, -0.05) is 64.7 Å². The van der Waals surface area contributed by atoms with E-state index >= 15 is 0 Å². The summed E-state index contributed by atoms with van der Waals surface area (Å²) in [7, 11) is -0.798. The van der Waals surface area contributed by atoms with Crippen LogP contribution in [0.3, 0.4) is 0 Å². The summed E-state index contributed by atoms with van der Waals surface area (Å²) in [6.45, 7) is 8.83. The average molecular weight is 362 g/mol. The van der Waals surface area contributed by atoms with E-state index in [1.807, 2.05) is 0 Å². The highest BCUT2D eigenvalue weighted by Crippen LogP contribution is 2.15. The van der Waals surface area contributed by atoms with Gasteiger partial charge >= 0.3 is 0 Å². The first kappa shape index (κ1) is 21.9. The van der Waals surface area contributed by atoms with Gasteiger partial charge in [0.1, 0.15) is 0 Å². The lowest BCUT2D eigenvalue weighted by Gasteiger charge is -2.40. The second kappa shape index (κ2) is 11.5. The Hall–Kier alpha value is -0.130. The quantitative estimate of drug-likeness (QED) is 0.367. The summed E-state index contributed by atoms with van der Waals surface area (Å²) in [6.07, 6.45) is 12.4. The maximum atomic E-state index is 12.4. The number of nitrogens with zero attached hydrogens (tertiary/aromatic N) is 2. The minimum absolute atomic E-state index is 0.347. The SMILES string of the molecule is CCCCCCCCCCCCS(=O)(=O)N1CC[N+](C)(CC)CC1. The summed E-state index contributed by atoms with van der Waals surface area (Å²) in [5.41, 5.74) is 0. The fourth-order valence-electron chi connectivity index (χ4n) is 3.42. The molecule has 4 nitrogen and oxygen atoms in total. The summed E-state index contributed by atoms with van der Waals surface area (Å²) in [5.74, 6) is 0.347. The zero-order valence-corrected chi connectivity index (χ0v) is 17.2. The predicted octanol–water partition coefficient (Wildman–Crippen LogP) is 4.02. The topological polar surface area (TPSA) is 37.4 Å². The van der Waals surface area contributed by atoms with Crippen LogP contribution in [0.25, 0.3) is 0 Å². The van der Waals surface area contributed by atoms with Gasteiger partial charge in [-0.25, -0.2) is 8.42 Å². The van der Waals surface area contributed by atoms with Crippen LogP contribution in [0.2, 0.25) is 0 Å². The van der Waals surface area contributed by atoms with Crippen LogP contribution < -0.4 is 0 Å². The molecule has 0 amide bonds. The molecule has 1 saturated heterocycles. The third-order valence-electron chi connectivity index (χ3n) is 5.69. The van der Waals surface area contributed by atoms with E-state index in [1.165, 1.54) is 51.4 Å². The number of sulfonamides is 1. The molecule has 0 aromatic rings. The molecule has 24 heavy (non-hydrogen) atoms. The largest absolute Gasteiger partial charge is 0.324 e. The highest BCUT2D eigenvalue weighted by atomic mass is 32.2. The van der Waals surface area contributed by atoms with E-state index in [1.54, 1.807) is 4.31 Å². The van der Waals surface area contributed by atoms with Crippen molar-refractivity contribution in [1.82, 2.24) is 4.31 Å². The van der Waals surface area contributed by atoms with Crippen molar-refractivity contribution in [3.63, 3.8) is 0 Å². The Balaban J connectivity index is 2.08. The van der Waals surface area contributed by atoms with E-state index in [9.17, 15) is 8.42 Å². The van der Waals surface area contributed by atoms with Crippen molar-refractivity contribution < 1.29 is 12.9 Å². The van der Waals surface area contributed by atoms with Gasteiger partial charge in [0, 0.05) is 0 Å². The van der Waals surface area contributed by atoms with Crippen molar-refractivity contribution in [2.75, 3.05) is 45.5 Å². The Bertz CT molecular complexity index is 415. The van der Waals surface area contributed by atoms with Gasteiger partial charge in [0.05, 0.1) is 45.5 Å². The number of rotatable bonds is 13. The first-order chi connectivity index (χ1) is 11.4. The molecular weight excluding hydrogens is 320 g/mol. The van der Waals surface area contributed by atoms with E-state index in [0.717, 1.165) is 37.0 Å². The van der Waals surface area contributed by atoms with Gasteiger partial charge in [-0.2, -0.15) is 4.31 Å². The van der Waals surface area contributed by atoms with Crippen molar-refractivity contribution in [3.05, 3.63) is 0 Å². The second-order valence-corrected chi connectivity index (χ2v) is 9.87. The zero-order valence-electron chi connectivity index (χ0n) is 16.4. The van der Waals surface area contributed by atoms with Gasteiger partial charge in [0.25, 0.3) is 0 Å². The van der Waals surface area contributed by atoms with Crippen LogP contribution in [0.1, 0.15) is 78.1 Å². The first-order valence-electron chi connectivity index (χ1n) is 10.2. The van der Waals surface area contributed by atoms with Gasteiger partial charge < -0.3 is 4.48 Å². The summed E-state index contributed by atoms with van der Waals surface area (Å²) in [6, 6.07) is 0. The number of hydrogen-bond acceptors (Lipinski definition) is 2. The molecule has 1 heterocycles. The standard InChI is InChI=1S/C19H41N2O2S/c1-4-6-7-8-9-10-11-12-13-14-19-24(22,23)20-15-17-21(3,5-2)18-16-20/h4-19H2,1-3H3/q+1. The predicted molar refractivity (Wildman–Crippen MR) is 104 cm³/mol. The highest BCUT2D eigenvalue weighted by Gasteiger charge is 2.32. The highest BCUT2D eigenvalue weighted by molar-refractivity contribution is 7.89. The molecule has 0 N–H and O–H groups in total. The zero-order chi connectivity index (χ0) is 17.9. The number of quaternary nitrogens is 1. The van der Waals surface area contributed by atoms with Crippen molar-refractivity contribution in [3.8, 4) is 0 Å². The van der Waals surface area contributed by atoms with Gasteiger partial charge in [-0.05, 0) is 13.3 Å². The molecule has 144 valence electrons. The maximum Gasteiger partial charge on any atom is 0.214 e. The molecular formula is C19H41N2O2S+. The Morgan fingerprint density at radius 3 is 1.71 bits per heavy atom. The molecule has 0 saturated carbocycles. The Morgan fingerprint density at radius 1 is 0.792 bits per heavy atom. The third kappa shape index (κ3) is 8.30. The van der Waals surface area contributed by atoms with Crippen molar-refractivity contribution in [2.45, 2.75) is 78.1 Å². The summed E-state index contributed by atoms with van der Waals surface area (Å²) in [5, 5.41) is 0. The van der Waals surface area contributed by atoms with E-state index in [0.29, 0.717) is 18.8 Å². The van der Waals surface area contributed by atoms with Gasteiger partial charge in [0.15, 0.2) is 0 Å². The molecule has 0 spiro atoms. The van der Waals surface area contributed by atoms with Crippen LogP contribution >= 0.6 is 0 Å². The fourth-order valence-corrected chi connectivity index (χ4v) is 4.97. The van der Waals surface area contributed by atoms with Crippen molar-refractivity contribution in [2.24, 2.45) is 0 Å². The summed E-state index contributed by atoms with van der Waals surface area (Å²) < 4.78 is 27.6. The van der Waals surface area contributed by atoms with E-state index in [2.05, 4.69) is 20.9 Å². The lowest BCUT2D eigenvalue weighted by Crippen LogP contribution is -2.58. The van der Waals surface area contributed by atoms with E-state index in [4.69, 9.17) is 0 Å². The minimum Gasteiger partial charge on any atom is -0.324 e. The van der Waals surface area contributed by atoms with Gasteiger partial charge in [0.2, 0.25) is 10.0 Å². The molecule has 1 aliphatic rings. The van der Waals surface area contributed by atoms with E-state index < -0.39 is 10.0 Å². The smallest absolute Gasteiger partial charge is 0.214 e. The lowest BCUT2D eigenvalue weighted by molar-refractivity contribution is -0.911. The lowest BCUT2D eigenvalue weighted by atomic mass is 10.1.